The predicted molar refractivity (Wildman–Crippen MR) is 75.6 cm³/mol. The van der Waals surface area contributed by atoms with Gasteiger partial charge in [-0.3, -0.25) is 4.79 Å². The minimum absolute atomic E-state index is 0.0809. The van der Waals surface area contributed by atoms with Gasteiger partial charge in [-0.1, -0.05) is 19.3 Å². The Morgan fingerprint density at radius 2 is 2.00 bits per heavy atom. The Labute approximate surface area is 117 Å². The third kappa shape index (κ3) is 3.35. The lowest BCUT2D eigenvalue weighted by Crippen LogP contribution is -2.24. The number of rotatable bonds is 3. The highest BCUT2D eigenvalue weighted by molar-refractivity contribution is 7.18. The van der Waals surface area contributed by atoms with E-state index in [1.807, 2.05) is 13.0 Å². The van der Waals surface area contributed by atoms with E-state index in [-0.39, 0.29) is 17.8 Å². The summed E-state index contributed by atoms with van der Waals surface area (Å²) in [5.74, 6) is -0.143. The van der Waals surface area contributed by atoms with Crippen molar-refractivity contribution in [3.63, 3.8) is 0 Å². The maximum atomic E-state index is 12.1. The van der Waals surface area contributed by atoms with E-state index in [0.717, 1.165) is 36.2 Å². The van der Waals surface area contributed by atoms with Gasteiger partial charge in [0.25, 0.3) is 0 Å². The molecule has 2 rings (SSSR count). The molecule has 0 spiro atoms. The fourth-order valence-electron chi connectivity index (χ4n) is 2.43. The number of carbonyl (C=O) groups excluding carboxylic acids is 2. The Morgan fingerprint density at radius 1 is 1.32 bits per heavy atom. The lowest BCUT2D eigenvalue weighted by molar-refractivity contribution is -0.120. The average Bonchev–Trinajstić information content (AvgIpc) is 2.79. The number of aryl methyl sites for hydroxylation is 1. The van der Waals surface area contributed by atoms with Gasteiger partial charge < -0.3 is 10.1 Å². The van der Waals surface area contributed by atoms with Crippen molar-refractivity contribution in [2.24, 2.45) is 5.92 Å². The van der Waals surface area contributed by atoms with Gasteiger partial charge in [-0.25, -0.2) is 4.79 Å². The smallest absolute Gasteiger partial charge is 0.348 e. The molecule has 1 N–H and O–H groups in total. The highest BCUT2D eigenvalue weighted by Crippen LogP contribution is 2.29. The van der Waals surface area contributed by atoms with Crippen LogP contribution in [0.1, 0.15) is 47.3 Å². The highest BCUT2D eigenvalue weighted by Gasteiger charge is 2.22. The van der Waals surface area contributed by atoms with Crippen molar-refractivity contribution in [3.05, 3.63) is 16.5 Å². The molecular weight excluding hydrogens is 262 g/mol. The van der Waals surface area contributed by atoms with Crippen molar-refractivity contribution in [1.82, 2.24) is 0 Å². The normalized spacial score (nSPS) is 16.1. The Bertz CT molecular complexity index is 475. The fraction of sp³-hybridized carbons (Fsp3) is 0.571. The fourth-order valence-corrected chi connectivity index (χ4v) is 3.42. The Morgan fingerprint density at radius 3 is 2.63 bits per heavy atom. The molecule has 1 heterocycles. The van der Waals surface area contributed by atoms with Crippen molar-refractivity contribution in [2.75, 3.05) is 12.4 Å². The van der Waals surface area contributed by atoms with Gasteiger partial charge in [-0.05, 0) is 31.4 Å². The molecule has 1 aromatic rings. The van der Waals surface area contributed by atoms with E-state index in [2.05, 4.69) is 5.32 Å². The molecule has 1 aromatic heterocycles. The molecular formula is C14H19NO3S. The number of thiophene rings is 1. The number of methoxy groups -OCH3 is 1. The van der Waals surface area contributed by atoms with Crippen LogP contribution in [0.15, 0.2) is 6.07 Å². The second-order valence-corrected chi connectivity index (χ2v) is 5.99. The van der Waals surface area contributed by atoms with Gasteiger partial charge in [-0.15, -0.1) is 11.3 Å². The quantitative estimate of drug-likeness (QED) is 0.864. The van der Waals surface area contributed by atoms with Crippen LogP contribution in [0.3, 0.4) is 0 Å². The van der Waals surface area contributed by atoms with Gasteiger partial charge in [0.1, 0.15) is 4.88 Å². The Balaban J connectivity index is 2.02. The zero-order valence-electron chi connectivity index (χ0n) is 11.3. The largest absolute Gasteiger partial charge is 0.465 e. The number of anilines is 1. The zero-order chi connectivity index (χ0) is 13.8. The van der Waals surface area contributed by atoms with Crippen LogP contribution in [0.2, 0.25) is 0 Å². The SMILES string of the molecule is COC(=O)c1sc(NC(=O)C2CCCCC2)cc1C. The minimum Gasteiger partial charge on any atom is -0.465 e. The molecule has 0 bridgehead atoms. The molecule has 1 saturated carbocycles. The number of ether oxygens (including phenoxy) is 1. The van der Waals surface area contributed by atoms with E-state index < -0.39 is 0 Å². The van der Waals surface area contributed by atoms with Gasteiger partial charge in [0.2, 0.25) is 5.91 Å². The monoisotopic (exact) mass is 281 g/mol. The van der Waals surface area contributed by atoms with Gasteiger partial charge in [0.15, 0.2) is 0 Å². The summed E-state index contributed by atoms with van der Waals surface area (Å²) >= 11 is 1.28. The van der Waals surface area contributed by atoms with Crippen molar-refractivity contribution in [1.29, 1.82) is 0 Å². The summed E-state index contributed by atoms with van der Waals surface area (Å²) < 4.78 is 4.71. The third-order valence-electron chi connectivity index (χ3n) is 3.51. The summed E-state index contributed by atoms with van der Waals surface area (Å²) in [4.78, 5) is 24.2. The number of carbonyl (C=O) groups is 2. The summed E-state index contributed by atoms with van der Waals surface area (Å²) in [6.07, 6.45) is 5.44. The number of hydrogen-bond acceptors (Lipinski definition) is 4. The maximum absolute atomic E-state index is 12.1. The summed E-state index contributed by atoms with van der Waals surface area (Å²) in [6.45, 7) is 1.85. The number of esters is 1. The van der Waals surface area contributed by atoms with Crippen molar-refractivity contribution in [2.45, 2.75) is 39.0 Å². The first-order valence-electron chi connectivity index (χ1n) is 6.61. The summed E-state index contributed by atoms with van der Waals surface area (Å²) in [7, 11) is 1.36. The third-order valence-corrected chi connectivity index (χ3v) is 4.64. The second-order valence-electron chi connectivity index (χ2n) is 4.94. The van der Waals surface area contributed by atoms with Gasteiger partial charge in [0.05, 0.1) is 12.1 Å². The zero-order valence-corrected chi connectivity index (χ0v) is 12.1. The van der Waals surface area contributed by atoms with E-state index in [0.29, 0.717) is 4.88 Å². The summed E-state index contributed by atoms with van der Waals surface area (Å²) in [6, 6.07) is 1.83. The predicted octanol–water partition coefficient (Wildman–Crippen LogP) is 3.36. The van der Waals surface area contributed by atoms with Gasteiger partial charge in [-0.2, -0.15) is 0 Å². The van der Waals surface area contributed by atoms with Crippen LogP contribution in [-0.4, -0.2) is 19.0 Å². The van der Waals surface area contributed by atoms with Crippen LogP contribution in [0.4, 0.5) is 5.00 Å². The number of amides is 1. The topological polar surface area (TPSA) is 55.4 Å². The molecule has 0 aliphatic heterocycles. The molecule has 104 valence electrons. The van der Waals surface area contributed by atoms with Gasteiger partial charge in [0, 0.05) is 5.92 Å². The molecule has 5 heteroatoms. The molecule has 0 unspecified atom stereocenters. The van der Waals surface area contributed by atoms with Crippen molar-refractivity contribution in [3.8, 4) is 0 Å². The first-order valence-corrected chi connectivity index (χ1v) is 7.43. The van der Waals surface area contributed by atoms with Crippen LogP contribution in [0.5, 0.6) is 0 Å². The number of hydrogen-bond donors (Lipinski definition) is 1. The lowest BCUT2D eigenvalue weighted by Gasteiger charge is -2.20. The molecule has 0 saturated heterocycles. The minimum atomic E-state index is -0.347. The Hall–Kier alpha value is -1.36. The molecule has 19 heavy (non-hydrogen) atoms. The molecule has 1 fully saturated rings. The van der Waals surface area contributed by atoms with Crippen molar-refractivity contribution < 1.29 is 14.3 Å². The molecule has 0 radical (unpaired) electrons. The standard InChI is InChI=1S/C14H19NO3S/c1-9-8-11(19-12(9)14(17)18-2)15-13(16)10-6-4-3-5-7-10/h8,10H,3-7H2,1-2H3,(H,15,16). The molecule has 0 atom stereocenters. The summed E-state index contributed by atoms with van der Waals surface area (Å²) in [5, 5.41) is 3.65. The van der Waals surface area contributed by atoms with E-state index >= 15 is 0 Å². The number of nitrogens with one attached hydrogen (secondary N) is 1. The van der Waals surface area contributed by atoms with Gasteiger partial charge >= 0.3 is 5.97 Å². The van der Waals surface area contributed by atoms with E-state index in [4.69, 9.17) is 4.74 Å². The first kappa shape index (κ1) is 14.1. The lowest BCUT2D eigenvalue weighted by atomic mass is 9.89. The van der Waals surface area contributed by atoms with E-state index in [1.54, 1.807) is 0 Å². The highest BCUT2D eigenvalue weighted by atomic mass is 32.1. The Kier molecular flexibility index (Phi) is 4.58. The van der Waals surface area contributed by atoms with Crippen LogP contribution in [0, 0.1) is 12.8 Å². The van der Waals surface area contributed by atoms with Crippen molar-refractivity contribution >= 4 is 28.2 Å². The van der Waals surface area contributed by atoms with E-state index in [1.165, 1.54) is 24.9 Å². The second kappa shape index (κ2) is 6.19. The molecule has 1 amide bonds. The van der Waals surface area contributed by atoms with Crippen LogP contribution in [-0.2, 0) is 9.53 Å². The molecule has 1 aliphatic carbocycles. The maximum Gasteiger partial charge on any atom is 0.348 e. The molecule has 1 aliphatic rings. The average molecular weight is 281 g/mol. The van der Waals surface area contributed by atoms with Crippen LogP contribution in [0.25, 0.3) is 0 Å². The van der Waals surface area contributed by atoms with Crippen LogP contribution >= 0.6 is 11.3 Å². The summed E-state index contributed by atoms with van der Waals surface area (Å²) in [5.41, 5.74) is 0.843. The molecule has 0 aromatic carbocycles. The van der Waals surface area contributed by atoms with E-state index in [9.17, 15) is 9.59 Å². The van der Waals surface area contributed by atoms with Crippen LogP contribution < -0.4 is 5.32 Å². The first-order chi connectivity index (χ1) is 9.11. The molecule has 4 nitrogen and oxygen atoms in total.